The number of aromatic nitrogens is 2. The van der Waals surface area contributed by atoms with Crippen molar-refractivity contribution in [1.82, 2.24) is 9.97 Å². The first-order valence-electron chi connectivity index (χ1n) is 6.22. The maximum absolute atomic E-state index is 8.87. The molecular weight excluding hydrogens is 294 g/mol. The fourth-order valence-electron chi connectivity index (χ4n) is 1.44. The number of aliphatic hydroxyl groups is 1. The second kappa shape index (κ2) is 6.48. The second-order valence-electron chi connectivity index (χ2n) is 5.65. The molecular formula is C13H22BrN3O. The van der Waals surface area contributed by atoms with Gasteiger partial charge in [-0.05, 0) is 28.3 Å². The summed E-state index contributed by atoms with van der Waals surface area (Å²) in [6.07, 6.45) is 0.797. The van der Waals surface area contributed by atoms with E-state index in [9.17, 15) is 0 Å². The number of nitrogens with one attached hydrogen (secondary N) is 1. The molecule has 1 heterocycles. The van der Waals surface area contributed by atoms with E-state index in [0.29, 0.717) is 5.92 Å². The molecule has 1 unspecified atom stereocenters. The molecule has 0 saturated carbocycles. The molecule has 1 rings (SSSR count). The molecule has 4 nitrogen and oxygen atoms in total. The Hall–Kier alpha value is -0.680. The van der Waals surface area contributed by atoms with E-state index in [-0.39, 0.29) is 12.0 Å². The summed E-state index contributed by atoms with van der Waals surface area (Å²) in [6, 6.07) is 1.88. The van der Waals surface area contributed by atoms with E-state index in [2.05, 4.69) is 58.9 Å². The second-order valence-corrected chi connectivity index (χ2v) is 6.46. The van der Waals surface area contributed by atoms with Crippen LogP contribution >= 0.6 is 15.9 Å². The van der Waals surface area contributed by atoms with E-state index in [1.165, 1.54) is 0 Å². The van der Waals surface area contributed by atoms with Crippen LogP contribution in [-0.2, 0) is 5.41 Å². The number of hydrogen-bond donors (Lipinski definition) is 2. The average molecular weight is 316 g/mol. The van der Waals surface area contributed by atoms with Gasteiger partial charge in [-0.1, -0.05) is 27.7 Å². The Morgan fingerprint density at radius 1 is 1.39 bits per heavy atom. The van der Waals surface area contributed by atoms with E-state index >= 15 is 0 Å². The normalized spacial score (nSPS) is 13.4. The third-order valence-electron chi connectivity index (χ3n) is 2.62. The summed E-state index contributed by atoms with van der Waals surface area (Å²) in [4.78, 5) is 8.92. The molecule has 0 radical (unpaired) electrons. The Morgan fingerprint density at radius 2 is 2.06 bits per heavy atom. The summed E-state index contributed by atoms with van der Waals surface area (Å²) in [5, 5.41) is 12.2. The van der Waals surface area contributed by atoms with E-state index in [1.54, 1.807) is 0 Å². The Labute approximate surface area is 117 Å². The van der Waals surface area contributed by atoms with Crippen LogP contribution in [0.3, 0.4) is 0 Å². The number of rotatable bonds is 5. The smallest absolute Gasteiger partial charge is 0.137 e. The van der Waals surface area contributed by atoms with Crippen molar-refractivity contribution >= 4 is 21.7 Å². The topological polar surface area (TPSA) is 58.0 Å². The van der Waals surface area contributed by atoms with Crippen LogP contribution in [0.15, 0.2) is 10.7 Å². The van der Waals surface area contributed by atoms with Gasteiger partial charge in [-0.3, -0.25) is 0 Å². The van der Waals surface area contributed by atoms with Crippen molar-refractivity contribution < 1.29 is 5.11 Å². The SMILES string of the molecule is CC(CCO)CNc1cc(Br)nc(C(C)(C)C)n1. The Kier molecular flexibility index (Phi) is 5.53. The highest BCUT2D eigenvalue weighted by atomic mass is 79.9. The van der Waals surface area contributed by atoms with Crippen molar-refractivity contribution in [2.45, 2.75) is 39.5 Å². The molecule has 2 N–H and O–H groups in total. The molecule has 0 aliphatic heterocycles. The molecule has 0 saturated heterocycles. The third-order valence-corrected chi connectivity index (χ3v) is 3.03. The van der Waals surface area contributed by atoms with E-state index < -0.39 is 0 Å². The highest BCUT2D eigenvalue weighted by molar-refractivity contribution is 9.10. The molecule has 18 heavy (non-hydrogen) atoms. The van der Waals surface area contributed by atoms with Crippen LogP contribution in [0, 0.1) is 5.92 Å². The van der Waals surface area contributed by atoms with Gasteiger partial charge in [-0.25, -0.2) is 9.97 Å². The lowest BCUT2D eigenvalue weighted by Gasteiger charge is -2.18. The molecule has 0 fully saturated rings. The van der Waals surface area contributed by atoms with E-state index in [0.717, 1.165) is 29.2 Å². The molecule has 102 valence electrons. The zero-order chi connectivity index (χ0) is 13.8. The first-order chi connectivity index (χ1) is 8.32. The van der Waals surface area contributed by atoms with Gasteiger partial charge in [-0.2, -0.15) is 0 Å². The molecule has 0 amide bonds. The third kappa shape index (κ3) is 4.90. The van der Waals surface area contributed by atoms with Gasteiger partial charge >= 0.3 is 0 Å². The van der Waals surface area contributed by atoms with Crippen LogP contribution in [0.1, 0.15) is 39.9 Å². The van der Waals surface area contributed by atoms with Crippen molar-refractivity contribution in [2.75, 3.05) is 18.5 Å². The predicted octanol–water partition coefficient (Wildman–Crippen LogP) is 2.97. The maximum atomic E-state index is 8.87. The minimum Gasteiger partial charge on any atom is -0.396 e. The van der Waals surface area contributed by atoms with Gasteiger partial charge in [0.15, 0.2) is 0 Å². The Bertz CT molecular complexity index is 390. The van der Waals surface area contributed by atoms with Crippen molar-refractivity contribution in [3.63, 3.8) is 0 Å². The monoisotopic (exact) mass is 315 g/mol. The summed E-state index contributed by atoms with van der Waals surface area (Å²) in [5.74, 6) is 2.06. The standard InChI is InChI=1S/C13H22BrN3O/c1-9(5-6-18)8-15-11-7-10(14)16-12(17-11)13(2,3)4/h7,9,18H,5-6,8H2,1-4H3,(H,15,16,17). The van der Waals surface area contributed by atoms with Crippen LogP contribution in [0.2, 0.25) is 0 Å². The van der Waals surface area contributed by atoms with Crippen LogP contribution in [0.4, 0.5) is 5.82 Å². The van der Waals surface area contributed by atoms with Gasteiger partial charge in [0, 0.05) is 24.6 Å². The van der Waals surface area contributed by atoms with Crippen molar-refractivity contribution in [3.8, 4) is 0 Å². The Balaban J connectivity index is 2.75. The first kappa shape index (κ1) is 15.4. The molecule has 1 aromatic rings. The molecule has 0 aromatic carbocycles. The van der Waals surface area contributed by atoms with Crippen LogP contribution in [-0.4, -0.2) is 28.2 Å². The number of nitrogens with zero attached hydrogens (tertiary/aromatic N) is 2. The summed E-state index contributed by atoms with van der Waals surface area (Å²) < 4.78 is 0.791. The highest BCUT2D eigenvalue weighted by Gasteiger charge is 2.18. The van der Waals surface area contributed by atoms with Gasteiger partial charge < -0.3 is 10.4 Å². The molecule has 5 heteroatoms. The molecule has 1 aromatic heterocycles. The van der Waals surface area contributed by atoms with Crippen molar-refractivity contribution in [2.24, 2.45) is 5.92 Å². The fourth-order valence-corrected chi connectivity index (χ4v) is 1.83. The van der Waals surface area contributed by atoms with Crippen molar-refractivity contribution in [3.05, 3.63) is 16.5 Å². The van der Waals surface area contributed by atoms with Gasteiger partial charge in [0.2, 0.25) is 0 Å². The largest absolute Gasteiger partial charge is 0.396 e. The summed E-state index contributed by atoms with van der Waals surface area (Å²) in [7, 11) is 0. The fraction of sp³-hybridized carbons (Fsp3) is 0.692. The van der Waals surface area contributed by atoms with Crippen molar-refractivity contribution in [1.29, 1.82) is 0 Å². The van der Waals surface area contributed by atoms with Gasteiger partial charge in [-0.15, -0.1) is 0 Å². The number of hydrogen-bond acceptors (Lipinski definition) is 4. The number of anilines is 1. The summed E-state index contributed by atoms with van der Waals surface area (Å²) >= 11 is 3.41. The van der Waals surface area contributed by atoms with Gasteiger partial charge in [0.05, 0.1) is 0 Å². The molecule has 0 spiro atoms. The molecule has 0 aliphatic rings. The highest BCUT2D eigenvalue weighted by Crippen LogP contribution is 2.22. The first-order valence-corrected chi connectivity index (χ1v) is 7.02. The quantitative estimate of drug-likeness (QED) is 0.820. The minimum atomic E-state index is -0.0725. The lowest BCUT2D eigenvalue weighted by molar-refractivity contribution is 0.266. The minimum absolute atomic E-state index is 0.0725. The van der Waals surface area contributed by atoms with Gasteiger partial charge in [0.1, 0.15) is 16.2 Å². The zero-order valence-electron chi connectivity index (χ0n) is 11.5. The summed E-state index contributed by atoms with van der Waals surface area (Å²) in [6.45, 7) is 9.40. The van der Waals surface area contributed by atoms with Crippen LogP contribution in [0.5, 0.6) is 0 Å². The maximum Gasteiger partial charge on any atom is 0.137 e. The zero-order valence-corrected chi connectivity index (χ0v) is 13.1. The number of halogens is 1. The lowest BCUT2D eigenvalue weighted by atomic mass is 9.96. The Morgan fingerprint density at radius 3 is 2.61 bits per heavy atom. The predicted molar refractivity (Wildman–Crippen MR) is 77.8 cm³/mol. The van der Waals surface area contributed by atoms with Crippen LogP contribution in [0.25, 0.3) is 0 Å². The molecule has 0 aliphatic carbocycles. The lowest BCUT2D eigenvalue weighted by Crippen LogP contribution is -2.19. The van der Waals surface area contributed by atoms with Crippen LogP contribution < -0.4 is 5.32 Å². The summed E-state index contributed by atoms with van der Waals surface area (Å²) in [5.41, 5.74) is -0.0725. The molecule has 1 atom stereocenters. The number of aliphatic hydroxyl groups excluding tert-OH is 1. The van der Waals surface area contributed by atoms with E-state index in [1.807, 2.05) is 6.07 Å². The van der Waals surface area contributed by atoms with Gasteiger partial charge in [0.25, 0.3) is 0 Å². The average Bonchev–Trinajstić information content (AvgIpc) is 2.25. The van der Waals surface area contributed by atoms with E-state index in [4.69, 9.17) is 5.11 Å². The molecule has 0 bridgehead atoms.